The Balaban J connectivity index is 1.58. The average Bonchev–Trinajstić information content (AvgIpc) is 2.44. The minimum absolute atomic E-state index is 0.155. The second-order valence-electron chi connectivity index (χ2n) is 4.29. The standard InChI is InChI=1S/C16H18FNS/c17-15-6-4-5-14(13-15)9-10-18-11-12-19-16-7-2-1-3-8-16/h1-8,13,18H,9-12H2. The smallest absolute Gasteiger partial charge is 0.123 e. The molecule has 0 aliphatic heterocycles. The van der Waals surface area contributed by atoms with Gasteiger partial charge in [0.15, 0.2) is 0 Å². The monoisotopic (exact) mass is 275 g/mol. The Morgan fingerprint density at radius 1 is 0.947 bits per heavy atom. The number of hydrogen-bond acceptors (Lipinski definition) is 2. The van der Waals surface area contributed by atoms with Gasteiger partial charge in [0, 0.05) is 17.2 Å². The summed E-state index contributed by atoms with van der Waals surface area (Å²) in [6, 6.07) is 17.2. The van der Waals surface area contributed by atoms with Crippen LogP contribution in [0.2, 0.25) is 0 Å². The van der Waals surface area contributed by atoms with Gasteiger partial charge < -0.3 is 5.32 Å². The molecule has 2 rings (SSSR count). The van der Waals surface area contributed by atoms with E-state index in [0.717, 1.165) is 30.8 Å². The van der Waals surface area contributed by atoms with Crippen LogP contribution < -0.4 is 5.32 Å². The fourth-order valence-electron chi connectivity index (χ4n) is 1.81. The predicted octanol–water partition coefficient (Wildman–Crippen LogP) is 3.75. The van der Waals surface area contributed by atoms with Crippen molar-refractivity contribution in [3.8, 4) is 0 Å². The Morgan fingerprint density at radius 2 is 1.79 bits per heavy atom. The van der Waals surface area contributed by atoms with Crippen LogP contribution >= 0.6 is 11.8 Å². The van der Waals surface area contributed by atoms with Gasteiger partial charge in [-0.2, -0.15) is 0 Å². The zero-order valence-corrected chi connectivity index (χ0v) is 11.6. The number of hydrogen-bond donors (Lipinski definition) is 1. The third-order valence-corrected chi connectivity index (χ3v) is 3.78. The first-order valence-corrected chi connectivity index (χ1v) is 7.46. The molecule has 0 aliphatic rings. The summed E-state index contributed by atoms with van der Waals surface area (Å²) in [7, 11) is 0. The molecule has 0 radical (unpaired) electrons. The van der Waals surface area contributed by atoms with Crippen molar-refractivity contribution in [1.29, 1.82) is 0 Å². The first-order valence-electron chi connectivity index (χ1n) is 6.47. The predicted molar refractivity (Wildman–Crippen MR) is 80.1 cm³/mol. The quantitative estimate of drug-likeness (QED) is 0.610. The van der Waals surface area contributed by atoms with Crippen LogP contribution in [0.4, 0.5) is 4.39 Å². The molecule has 0 unspecified atom stereocenters. The maximum Gasteiger partial charge on any atom is 0.123 e. The van der Waals surface area contributed by atoms with E-state index < -0.39 is 0 Å². The molecular formula is C16H18FNS. The summed E-state index contributed by atoms with van der Waals surface area (Å²) in [5, 5.41) is 3.38. The van der Waals surface area contributed by atoms with Gasteiger partial charge >= 0.3 is 0 Å². The van der Waals surface area contributed by atoms with Crippen molar-refractivity contribution in [2.24, 2.45) is 0 Å². The molecule has 2 aromatic carbocycles. The lowest BCUT2D eigenvalue weighted by molar-refractivity contribution is 0.623. The minimum Gasteiger partial charge on any atom is -0.316 e. The molecule has 1 N–H and O–H groups in total. The van der Waals surface area contributed by atoms with Crippen molar-refractivity contribution < 1.29 is 4.39 Å². The lowest BCUT2D eigenvalue weighted by Crippen LogP contribution is -2.20. The minimum atomic E-state index is -0.155. The van der Waals surface area contributed by atoms with E-state index in [0.29, 0.717) is 0 Å². The molecule has 19 heavy (non-hydrogen) atoms. The van der Waals surface area contributed by atoms with Crippen molar-refractivity contribution in [3.63, 3.8) is 0 Å². The molecular weight excluding hydrogens is 257 g/mol. The van der Waals surface area contributed by atoms with Crippen LogP contribution in [-0.4, -0.2) is 18.8 Å². The molecule has 100 valence electrons. The summed E-state index contributed by atoms with van der Waals surface area (Å²) in [6.45, 7) is 1.85. The van der Waals surface area contributed by atoms with Gasteiger partial charge in [-0.3, -0.25) is 0 Å². The van der Waals surface area contributed by atoms with Crippen molar-refractivity contribution in [2.45, 2.75) is 11.3 Å². The Labute approximate surface area is 118 Å². The fourth-order valence-corrected chi connectivity index (χ4v) is 2.64. The van der Waals surface area contributed by atoms with Crippen LogP contribution in [0.15, 0.2) is 59.5 Å². The largest absolute Gasteiger partial charge is 0.316 e. The van der Waals surface area contributed by atoms with Crippen molar-refractivity contribution in [2.75, 3.05) is 18.8 Å². The zero-order chi connectivity index (χ0) is 13.3. The number of halogens is 1. The Hall–Kier alpha value is -1.32. The van der Waals surface area contributed by atoms with E-state index in [-0.39, 0.29) is 5.82 Å². The van der Waals surface area contributed by atoms with Crippen molar-refractivity contribution in [1.82, 2.24) is 5.32 Å². The molecule has 0 aliphatic carbocycles. The second-order valence-corrected chi connectivity index (χ2v) is 5.46. The van der Waals surface area contributed by atoms with E-state index in [1.165, 1.54) is 11.0 Å². The van der Waals surface area contributed by atoms with E-state index >= 15 is 0 Å². The third kappa shape index (κ3) is 5.45. The summed E-state index contributed by atoms with van der Waals surface area (Å²) in [5.74, 6) is 0.893. The molecule has 0 heterocycles. The van der Waals surface area contributed by atoms with Crippen molar-refractivity contribution in [3.05, 3.63) is 66.0 Å². The van der Waals surface area contributed by atoms with Crippen LogP contribution in [0.5, 0.6) is 0 Å². The molecule has 0 aromatic heterocycles. The maximum atomic E-state index is 13.0. The van der Waals surface area contributed by atoms with Crippen LogP contribution in [0, 0.1) is 5.82 Å². The molecule has 1 nitrogen and oxygen atoms in total. The number of thioether (sulfide) groups is 1. The fraction of sp³-hybridized carbons (Fsp3) is 0.250. The first kappa shape index (κ1) is 14.1. The molecule has 0 fully saturated rings. The Bertz CT molecular complexity index is 487. The molecule has 0 bridgehead atoms. The van der Waals surface area contributed by atoms with E-state index in [1.807, 2.05) is 23.9 Å². The Kier molecular flexibility index (Phi) is 5.92. The number of rotatable bonds is 7. The van der Waals surface area contributed by atoms with Gasteiger partial charge in [-0.1, -0.05) is 30.3 Å². The topological polar surface area (TPSA) is 12.0 Å². The van der Waals surface area contributed by atoms with Crippen LogP contribution in [0.1, 0.15) is 5.56 Å². The molecule has 0 amide bonds. The Morgan fingerprint density at radius 3 is 2.58 bits per heavy atom. The molecule has 3 heteroatoms. The summed E-state index contributed by atoms with van der Waals surface area (Å²) < 4.78 is 13.0. The molecule has 0 saturated carbocycles. The lowest BCUT2D eigenvalue weighted by Gasteiger charge is -2.05. The summed E-state index contributed by atoms with van der Waals surface area (Å²) >= 11 is 1.85. The normalized spacial score (nSPS) is 10.6. The third-order valence-electron chi connectivity index (χ3n) is 2.77. The highest BCUT2D eigenvalue weighted by molar-refractivity contribution is 7.99. The average molecular weight is 275 g/mol. The number of nitrogens with one attached hydrogen (secondary N) is 1. The van der Waals surface area contributed by atoms with Gasteiger partial charge in [-0.05, 0) is 42.8 Å². The van der Waals surface area contributed by atoms with Gasteiger partial charge in [0.2, 0.25) is 0 Å². The first-order chi connectivity index (χ1) is 9.34. The van der Waals surface area contributed by atoms with Crippen molar-refractivity contribution >= 4 is 11.8 Å². The van der Waals surface area contributed by atoms with Gasteiger partial charge in [0.05, 0.1) is 0 Å². The molecule has 0 atom stereocenters. The van der Waals surface area contributed by atoms with Crippen LogP contribution in [-0.2, 0) is 6.42 Å². The summed E-state index contributed by atoms with van der Waals surface area (Å²) in [5.41, 5.74) is 1.04. The van der Waals surface area contributed by atoms with Gasteiger partial charge in [0.1, 0.15) is 5.82 Å². The molecule has 0 saturated heterocycles. The second kappa shape index (κ2) is 7.97. The summed E-state index contributed by atoms with van der Waals surface area (Å²) in [6.07, 6.45) is 0.869. The van der Waals surface area contributed by atoms with E-state index in [4.69, 9.17) is 0 Å². The van der Waals surface area contributed by atoms with Crippen LogP contribution in [0.3, 0.4) is 0 Å². The van der Waals surface area contributed by atoms with E-state index in [9.17, 15) is 4.39 Å². The van der Waals surface area contributed by atoms with Gasteiger partial charge in [0.25, 0.3) is 0 Å². The number of benzene rings is 2. The summed E-state index contributed by atoms with van der Waals surface area (Å²) in [4.78, 5) is 1.30. The van der Waals surface area contributed by atoms with Gasteiger partial charge in [-0.15, -0.1) is 11.8 Å². The highest BCUT2D eigenvalue weighted by Crippen LogP contribution is 2.15. The lowest BCUT2D eigenvalue weighted by atomic mass is 10.1. The highest BCUT2D eigenvalue weighted by Gasteiger charge is 1.96. The highest BCUT2D eigenvalue weighted by atomic mass is 32.2. The maximum absolute atomic E-state index is 13.0. The molecule has 2 aromatic rings. The zero-order valence-electron chi connectivity index (χ0n) is 10.8. The van der Waals surface area contributed by atoms with Crippen LogP contribution in [0.25, 0.3) is 0 Å². The molecule has 0 spiro atoms. The van der Waals surface area contributed by atoms with Gasteiger partial charge in [-0.25, -0.2) is 4.39 Å². The van der Waals surface area contributed by atoms with E-state index in [2.05, 4.69) is 29.6 Å². The SMILES string of the molecule is Fc1cccc(CCNCCSc2ccccc2)c1. The van der Waals surface area contributed by atoms with E-state index in [1.54, 1.807) is 12.1 Å².